The lowest BCUT2D eigenvalue weighted by Crippen LogP contribution is -2.53. The lowest BCUT2D eigenvalue weighted by Gasteiger charge is -2.24. The zero-order chi connectivity index (χ0) is 19.9. The lowest BCUT2D eigenvalue weighted by molar-refractivity contribution is -0.146. The number of rotatable bonds is 10. The third kappa shape index (κ3) is 6.51. The fourth-order valence-electron chi connectivity index (χ4n) is 2.29. The molecule has 0 unspecified atom stereocenters. The van der Waals surface area contributed by atoms with Gasteiger partial charge in [0.15, 0.2) is 35.2 Å². The Morgan fingerprint density at radius 2 is 0.880 bits per heavy atom. The van der Waals surface area contributed by atoms with Crippen molar-refractivity contribution >= 4 is 34.9 Å². The quantitative estimate of drug-likeness (QED) is 0.210. The van der Waals surface area contributed by atoms with Gasteiger partial charge in [0.2, 0.25) is 11.8 Å². The normalized spacial score (nSPS) is 10.6. The van der Waals surface area contributed by atoms with Crippen molar-refractivity contribution in [2.24, 2.45) is 11.7 Å². The van der Waals surface area contributed by atoms with Crippen LogP contribution in [-0.2, 0) is 28.8 Å². The number of nitrogens with two attached hydrogens (primary N) is 2. The van der Waals surface area contributed by atoms with Crippen LogP contribution < -0.4 is 11.7 Å². The molecule has 2 amide bonds. The van der Waals surface area contributed by atoms with E-state index >= 15 is 0 Å². The maximum absolute atomic E-state index is 11.9. The molecule has 0 fully saturated rings. The maximum atomic E-state index is 11.9. The van der Waals surface area contributed by atoms with E-state index in [1.54, 1.807) is 0 Å². The molecule has 0 aromatic rings. The van der Waals surface area contributed by atoms with Gasteiger partial charge < -0.3 is 0 Å². The highest BCUT2D eigenvalue weighted by atomic mass is 16.2. The molecule has 0 spiro atoms. The zero-order valence-corrected chi connectivity index (χ0v) is 14.8. The molecule has 0 radical (unpaired) electrons. The number of carbonyl (C=O) groups excluding carboxylic acids is 6. The van der Waals surface area contributed by atoms with Gasteiger partial charge in [-0.3, -0.25) is 38.8 Å². The molecule has 10 heteroatoms. The molecule has 0 aliphatic carbocycles. The van der Waals surface area contributed by atoms with E-state index in [4.69, 9.17) is 11.7 Å². The van der Waals surface area contributed by atoms with Gasteiger partial charge in [0, 0.05) is 12.8 Å². The fourth-order valence-corrected chi connectivity index (χ4v) is 2.29. The van der Waals surface area contributed by atoms with E-state index in [9.17, 15) is 28.8 Å². The lowest BCUT2D eigenvalue weighted by atomic mass is 10.1. The third-order valence-corrected chi connectivity index (χ3v) is 3.45. The van der Waals surface area contributed by atoms with Gasteiger partial charge in [0.05, 0.1) is 0 Å². The van der Waals surface area contributed by atoms with Crippen molar-refractivity contribution in [1.82, 2.24) is 10.0 Å². The van der Waals surface area contributed by atoms with Crippen LogP contribution in [0.25, 0.3) is 0 Å². The highest BCUT2D eigenvalue weighted by Gasteiger charge is 2.30. The van der Waals surface area contributed by atoms with Gasteiger partial charge in [-0.25, -0.2) is 11.7 Å². The van der Waals surface area contributed by atoms with Crippen molar-refractivity contribution in [3.8, 4) is 0 Å². The number of nitrogens with zero attached hydrogens (tertiary/aromatic N) is 2. The topological polar surface area (TPSA) is 161 Å². The number of hydrazine groups is 2. The summed E-state index contributed by atoms with van der Waals surface area (Å²) in [7, 11) is 0. The van der Waals surface area contributed by atoms with E-state index in [0.29, 0.717) is 10.0 Å². The van der Waals surface area contributed by atoms with Crippen LogP contribution in [0.5, 0.6) is 0 Å². The van der Waals surface area contributed by atoms with Crippen LogP contribution in [-0.4, -0.2) is 57.0 Å². The van der Waals surface area contributed by atoms with Gasteiger partial charge in [-0.1, -0.05) is 0 Å². The Balaban J connectivity index is 4.69. The summed E-state index contributed by atoms with van der Waals surface area (Å²) in [5.41, 5.74) is 0. The van der Waals surface area contributed by atoms with Gasteiger partial charge in [0.25, 0.3) is 0 Å². The first-order valence-corrected chi connectivity index (χ1v) is 7.57. The van der Waals surface area contributed by atoms with Crippen molar-refractivity contribution in [2.75, 3.05) is 0 Å². The third-order valence-electron chi connectivity index (χ3n) is 3.45. The summed E-state index contributed by atoms with van der Waals surface area (Å²) < 4.78 is 0. The largest absolute Gasteiger partial charge is 0.297 e. The number of ketones is 4. The second-order valence-electron chi connectivity index (χ2n) is 5.70. The molecule has 4 N–H and O–H groups in total. The van der Waals surface area contributed by atoms with Crippen LogP contribution in [0.4, 0.5) is 0 Å². The Morgan fingerprint density at radius 1 is 0.640 bits per heavy atom. The van der Waals surface area contributed by atoms with Gasteiger partial charge in [-0.2, -0.15) is 0 Å². The molecule has 0 heterocycles. The summed E-state index contributed by atoms with van der Waals surface area (Å²) in [5, 5.41) is 1.09. The van der Waals surface area contributed by atoms with Crippen LogP contribution in [0.3, 0.4) is 0 Å². The number of amides is 2. The maximum Gasteiger partial charge on any atom is 0.237 e. The molecular formula is C15H24N4O6. The first-order valence-electron chi connectivity index (χ1n) is 7.57. The summed E-state index contributed by atoms with van der Waals surface area (Å²) in [5.74, 6) is 7.33. The summed E-state index contributed by atoms with van der Waals surface area (Å²) >= 11 is 0. The number of carbonyl (C=O) groups is 6. The van der Waals surface area contributed by atoms with Crippen molar-refractivity contribution in [3.05, 3.63) is 0 Å². The number of hydrogen-bond acceptors (Lipinski definition) is 8. The van der Waals surface area contributed by atoms with Crippen molar-refractivity contribution in [2.45, 2.75) is 59.0 Å². The van der Waals surface area contributed by atoms with Crippen molar-refractivity contribution in [3.63, 3.8) is 0 Å². The predicted octanol–water partition coefficient (Wildman–Crippen LogP) is -1.35. The van der Waals surface area contributed by atoms with Crippen molar-refractivity contribution in [1.29, 1.82) is 0 Å². The molecule has 0 aliphatic heterocycles. The van der Waals surface area contributed by atoms with Gasteiger partial charge in [-0.15, -0.1) is 0 Å². The molecule has 0 aliphatic rings. The molecular weight excluding hydrogens is 332 g/mol. The summed E-state index contributed by atoms with van der Waals surface area (Å²) in [6.07, 6.45) is -0.403. The van der Waals surface area contributed by atoms with Crippen LogP contribution in [0.1, 0.15) is 47.0 Å². The Labute approximate surface area is 145 Å². The summed E-state index contributed by atoms with van der Waals surface area (Å²) in [6, 6.07) is -2.73. The highest BCUT2D eigenvalue weighted by Crippen LogP contribution is 2.07. The van der Waals surface area contributed by atoms with Gasteiger partial charge in [0.1, 0.15) is 0 Å². The van der Waals surface area contributed by atoms with Crippen LogP contribution in [0.2, 0.25) is 0 Å². The van der Waals surface area contributed by atoms with Crippen molar-refractivity contribution < 1.29 is 28.8 Å². The molecule has 140 valence electrons. The van der Waals surface area contributed by atoms with E-state index in [-0.39, 0.29) is 19.3 Å². The minimum absolute atomic E-state index is 0.0180. The van der Waals surface area contributed by atoms with Crippen LogP contribution in [0, 0.1) is 0 Å². The van der Waals surface area contributed by atoms with E-state index in [0.717, 1.165) is 27.7 Å². The fraction of sp³-hybridized carbons (Fsp3) is 0.600. The second kappa shape index (κ2) is 9.74. The van der Waals surface area contributed by atoms with Crippen LogP contribution >= 0.6 is 0 Å². The molecule has 0 bridgehead atoms. The average Bonchev–Trinajstić information content (AvgIpc) is 2.44. The molecule has 0 saturated carbocycles. The Morgan fingerprint density at radius 3 is 1.08 bits per heavy atom. The highest BCUT2D eigenvalue weighted by molar-refractivity contribution is 6.07. The first kappa shape index (κ1) is 22.5. The molecule has 25 heavy (non-hydrogen) atoms. The minimum Gasteiger partial charge on any atom is -0.297 e. The second-order valence-corrected chi connectivity index (χ2v) is 5.70. The molecule has 0 aromatic heterocycles. The SMILES string of the molecule is CC(=O)C(C(C)=O)N(N)C(=O)CCCC(=O)N(N)C(C(C)=O)C(C)=O. The van der Waals surface area contributed by atoms with Gasteiger partial charge in [-0.05, 0) is 34.1 Å². The predicted molar refractivity (Wildman–Crippen MR) is 86.2 cm³/mol. The Bertz CT molecular complexity index is 511. The molecule has 10 nitrogen and oxygen atoms in total. The summed E-state index contributed by atoms with van der Waals surface area (Å²) in [4.78, 5) is 69.3. The van der Waals surface area contributed by atoms with E-state index in [1.165, 1.54) is 0 Å². The standard InChI is InChI=1S/C15H24N4O6/c1-8(20)14(9(2)21)18(16)12(24)6-5-7-13(25)19(17)15(10(3)22)11(4)23/h14-15H,5-7,16-17H2,1-4H3. The van der Waals surface area contributed by atoms with E-state index < -0.39 is 47.0 Å². The molecule has 0 atom stereocenters. The van der Waals surface area contributed by atoms with E-state index in [2.05, 4.69) is 0 Å². The monoisotopic (exact) mass is 356 g/mol. The molecule has 0 aromatic carbocycles. The Kier molecular flexibility index (Phi) is 8.78. The smallest absolute Gasteiger partial charge is 0.237 e. The number of hydrogen-bond donors (Lipinski definition) is 2. The molecule has 0 saturated heterocycles. The first-order chi connectivity index (χ1) is 11.4. The zero-order valence-electron chi connectivity index (χ0n) is 14.8. The number of Topliss-reactive ketones (excluding diaryl/α,β-unsaturated/α-hetero) is 4. The Hall–Kier alpha value is -2.46. The summed E-state index contributed by atoms with van der Waals surface area (Å²) in [6.45, 7) is 4.55. The van der Waals surface area contributed by atoms with Crippen LogP contribution in [0.15, 0.2) is 0 Å². The minimum atomic E-state index is -1.37. The van der Waals surface area contributed by atoms with E-state index in [1.807, 2.05) is 0 Å². The van der Waals surface area contributed by atoms with Gasteiger partial charge >= 0.3 is 0 Å². The molecule has 0 rings (SSSR count). The average molecular weight is 356 g/mol.